The quantitative estimate of drug-likeness (QED) is 0.0709. The van der Waals surface area contributed by atoms with Gasteiger partial charge in [0, 0.05) is 83.6 Å². The van der Waals surface area contributed by atoms with E-state index in [2.05, 4.69) is 30.9 Å². The summed E-state index contributed by atoms with van der Waals surface area (Å²) < 4.78 is 37.2. The molecule has 2 saturated heterocycles. The number of nitrogens with one attached hydrogen (secondary N) is 3. The molecule has 2 aliphatic heterocycles. The number of aromatic nitrogens is 3. The highest BCUT2D eigenvalue weighted by Gasteiger charge is 2.45. The van der Waals surface area contributed by atoms with Gasteiger partial charge in [-0.15, -0.1) is 11.3 Å². The Morgan fingerprint density at radius 2 is 1.73 bits per heavy atom. The molecule has 5 N–H and O–H groups in total. The Morgan fingerprint density at radius 1 is 1.01 bits per heavy atom. The maximum atomic E-state index is 16.5. The van der Waals surface area contributed by atoms with Gasteiger partial charge in [-0.2, -0.15) is 4.98 Å². The van der Waals surface area contributed by atoms with E-state index < -0.39 is 76.9 Å². The zero-order valence-corrected chi connectivity index (χ0v) is 43.4. The second kappa shape index (κ2) is 23.1. The summed E-state index contributed by atoms with van der Waals surface area (Å²) in [6.07, 6.45) is -0.963. The molecule has 390 valence electrons. The van der Waals surface area contributed by atoms with Crippen molar-refractivity contribution in [3.8, 4) is 27.3 Å². The third kappa shape index (κ3) is 12.6. The lowest BCUT2D eigenvalue weighted by molar-refractivity contribution is -0.144. The van der Waals surface area contributed by atoms with E-state index in [0.717, 1.165) is 27.8 Å². The molecule has 3 aromatic carbocycles. The van der Waals surface area contributed by atoms with Crippen LogP contribution in [-0.4, -0.2) is 154 Å². The molecule has 73 heavy (non-hydrogen) atoms. The number of hydrogen-bond acceptors (Lipinski definition) is 14. The van der Waals surface area contributed by atoms with E-state index in [1.54, 1.807) is 49.6 Å². The van der Waals surface area contributed by atoms with E-state index in [1.807, 2.05) is 43.0 Å². The monoisotopic (exact) mass is 1050 g/mol. The molecule has 0 radical (unpaired) electrons. The highest BCUT2D eigenvalue weighted by molar-refractivity contribution is 7.13. The van der Waals surface area contributed by atoms with Crippen LogP contribution in [0.1, 0.15) is 64.8 Å². The van der Waals surface area contributed by atoms with E-state index in [0.29, 0.717) is 32.0 Å². The number of halogens is 3. The molecule has 4 atom stereocenters. The summed E-state index contributed by atoms with van der Waals surface area (Å²) in [5.41, 5.74) is 2.79. The van der Waals surface area contributed by atoms with Gasteiger partial charge in [-0.3, -0.25) is 24.0 Å². The molecule has 0 spiro atoms. The van der Waals surface area contributed by atoms with Crippen LogP contribution >= 0.6 is 22.9 Å². The molecule has 0 unspecified atom stereocenters. The highest BCUT2D eigenvalue weighted by Crippen LogP contribution is 2.43. The third-order valence-electron chi connectivity index (χ3n) is 13.0. The van der Waals surface area contributed by atoms with E-state index in [-0.39, 0.29) is 78.3 Å². The van der Waals surface area contributed by atoms with Gasteiger partial charge in [0.2, 0.25) is 35.5 Å². The van der Waals surface area contributed by atoms with Crippen molar-refractivity contribution in [3.05, 3.63) is 82.0 Å². The maximum absolute atomic E-state index is 16.5. The number of aliphatic hydroxyl groups excluding tert-OH is 1. The fraction of sp³-hybridized carbons (Fsp3) is 0.451. The van der Waals surface area contributed by atoms with Gasteiger partial charge in [0.1, 0.15) is 41.6 Å². The van der Waals surface area contributed by atoms with Crippen molar-refractivity contribution >= 4 is 75.1 Å². The van der Waals surface area contributed by atoms with Gasteiger partial charge in [-0.1, -0.05) is 62.7 Å². The lowest BCUT2D eigenvalue weighted by Crippen LogP contribution is -2.58. The van der Waals surface area contributed by atoms with Crippen LogP contribution in [0.3, 0.4) is 0 Å². The van der Waals surface area contributed by atoms with Gasteiger partial charge >= 0.3 is 0 Å². The number of aromatic hydroxyl groups is 1. The van der Waals surface area contributed by atoms with Gasteiger partial charge in [-0.25, -0.2) is 18.7 Å². The van der Waals surface area contributed by atoms with Crippen molar-refractivity contribution in [1.29, 1.82) is 0 Å². The second-order valence-corrected chi connectivity index (χ2v) is 20.6. The zero-order valence-electron chi connectivity index (χ0n) is 41.8. The molecule has 5 amide bonds. The largest absolute Gasteiger partial charge is 0.507 e. The molecular weight excluding hydrogens is 986 g/mol. The molecule has 22 heteroatoms. The number of nitrogens with zero attached hydrogens (tertiary/aromatic N) is 7. The van der Waals surface area contributed by atoms with E-state index in [4.69, 9.17) is 16.3 Å². The van der Waals surface area contributed by atoms with Crippen LogP contribution in [0.4, 0.5) is 20.5 Å². The summed E-state index contributed by atoms with van der Waals surface area (Å²) in [5, 5.41) is 30.0. The summed E-state index contributed by atoms with van der Waals surface area (Å²) >= 11 is 8.12. The molecule has 4 heterocycles. The van der Waals surface area contributed by atoms with Crippen molar-refractivity contribution in [2.24, 2.45) is 5.41 Å². The minimum absolute atomic E-state index is 0.0194. The number of phenolic OH excluding ortho intramolecular Hbond substituents is 1. The Balaban J connectivity index is 0.921. The SMILES string of the molecule is CC(=O)N1CCN(c2nc(NCCC(=O)N(C)CCOCC(=O)N[C@H](C(=O)N3C[C@H](O)C[C@H]3C(=O)N[C@@H](C)c3ccc(-c4scnc4C)cc3)C(C)(C)C)nc3c(F)c(-c4c(O)cccc4F)c(Cl)cc23)CC1. The molecule has 5 aromatic rings. The molecule has 2 aromatic heterocycles. The first-order valence-corrected chi connectivity index (χ1v) is 25.2. The number of carbonyl (C=O) groups is 5. The molecule has 0 aliphatic carbocycles. The number of fused-ring (bicyclic) bond motifs is 1. The van der Waals surface area contributed by atoms with Crippen LogP contribution in [0, 0.1) is 24.0 Å². The van der Waals surface area contributed by atoms with Crippen molar-refractivity contribution in [1.82, 2.24) is 40.3 Å². The summed E-state index contributed by atoms with van der Waals surface area (Å²) in [7, 11) is 1.56. The number of anilines is 2. The lowest BCUT2D eigenvalue weighted by atomic mass is 9.85. The predicted molar refractivity (Wildman–Crippen MR) is 274 cm³/mol. The first-order chi connectivity index (χ1) is 34.6. The molecular formula is C51H61ClF2N10O8S. The number of thiazole rings is 1. The van der Waals surface area contributed by atoms with Crippen LogP contribution in [0.15, 0.2) is 54.0 Å². The molecule has 0 saturated carbocycles. The van der Waals surface area contributed by atoms with Gasteiger partial charge < -0.3 is 50.5 Å². The van der Waals surface area contributed by atoms with Crippen molar-refractivity contribution in [2.45, 2.75) is 78.6 Å². The Morgan fingerprint density at radius 3 is 2.37 bits per heavy atom. The van der Waals surface area contributed by atoms with Crippen LogP contribution < -0.4 is 20.9 Å². The van der Waals surface area contributed by atoms with Gasteiger partial charge in [0.15, 0.2) is 5.82 Å². The van der Waals surface area contributed by atoms with E-state index >= 15 is 8.78 Å². The van der Waals surface area contributed by atoms with Crippen LogP contribution in [0.25, 0.3) is 32.5 Å². The van der Waals surface area contributed by atoms with Crippen molar-refractivity contribution < 1.29 is 47.7 Å². The Bertz CT molecular complexity index is 2840. The first kappa shape index (κ1) is 54.2. The van der Waals surface area contributed by atoms with Gasteiger partial charge in [-0.05, 0) is 48.6 Å². The fourth-order valence-corrected chi connectivity index (χ4v) is 10.0. The number of phenols is 1. The third-order valence-corrected chi connectivity index (χ3v) is 14.3. The minimum atomic E-state index is -1.07. The summed E-state index contributed by atoms with van der Waals surface area (Å²) in [5.74, 6) is -4.07. The van der Waals surface area contributed by atoms with Crippen LogP contribution in [0.2, 0.25) is 5.02 Å². The smallest absolute Gasteiger partial charge is 0.246 e. The number of amides is 5. The molecule has 18 nitrogen and oxygen atoms in total. The number of carbonyl (C=O) groups excluding carboxylic acids is 5. The molecule has 2 fully saturated rings. The number of likely N-dealkylation sites (N-methyl/N-ethyl adjacent to an activating group) is 1. The zero-order chi connectivity index (χ0) is 52.9. The van der Waals surface area contributed by atoms with Crippen LogP contribution in [-0.2, 0) is 28.7 Å². The summed E-state index contributed by atoms with van der Waals surface area (Å²) in [6.45, 7) is 11.7. The molecule has 7 rings (SSSR count). The first-order valence-electron chi connectivity index (χ1n) is 23.9. The number of aryl methyl sites for hydroxylation is 1. The van der Waals surface area contributed by atoms with Gasteiger partial charge in [0.05, 0.1) is 45.4 Å². The number of rotatable bonds is 17. The fourth-order valence-electron chi connectivity index (χ4n) is 8.90. The lowest BCUT2D eigenvalue weighted by Gasteiger charge is -2.35. The normalized spacial score (nSPS) is 16.8. The van der Waals surface area contributed by atoms with E-state index in [9.17, 15) is 34.2 Å². The van der Waals surface area contributed by atoms with Gasteiger partial charge in [0.25, 0.3) is 0 Å². The Hall–Kier alpha value is -6.55. The standard InChI is InChI=1S/C51H61ClF2N10O8S/c1-28(31-11-13-32(14-12-31)45-29(2)56-27-73-45)57-48(70)37-23-33(66)25-64(37)49(71)46(51(4,5)6)58-39(68)26-72-22-21-61(7)40(69)15-16-55-50-59-44-34(47(60-50)63-19-17-62(18-20-63)30(3)65)24-35(52)41(43(44)54)42-36(53)9-8-10-38(42)67/h8-14,24,27-28,33,37,46,66-67H,15-23,25-26H2,1-7H3,(H,57,70)(H,58,68)(H,55,59,60)/t28-,33+,37-,46+/m0/s1. The Kier molecular flexibility index (Phi) is 17.2. The van der Waals surface area contributed by atoms with Crippen molar-refractivity contribution in [3.63, 3.8) is 0 Å². The Labute approximate surface area is 431 Å². The van der Waals surface area contributed by atoms with E-state index in [1.165, 1.54) is 34.9 Å². The topological polar surface area (TPSA) is 223 Å². The predicted octanol–water partition coefficient (Wildman–Crippen LogP) is 5.68. The molecule has 2 aliphatic rings. The number of hydrogen-bond donors (Lipinski definition) is 5. The number of piperazine rings is 1. The second-order valence-electron chi connectivity index (χ2n) is 19.4. The molecule has 0 bridgehead atoms. The minimum Gasteiger partial charge on any atom is -0.507 e. The summed E-state index contributed by atoms with van der Waals surface area (Å²) in [4.78, 5) is 87.1. The number of ether oxygens (including phenoxy) is 1. The summed E-state index contributed by atoms with van der Waals surface area (Å²) in [6, 6.07) is 10.3. The number of aliphatic hydroxyl groups is 1. The average Bonchev–Trinajstić information content (AvgIpc) is 3.97. The van der Waals surface area contributed by atoms with Crippen LogP contribution in [0.5, 0.6) is 5.75 Å². The highest BCUT2D eigenvalue weighted by atomic mass is 35.5. The number of benzene rings is 3. The van der Waals surface area contributed by atoms with Crippen molar-refractivity contribution in [2.75, 3.05) is 76.3 Å². The number of β-amino-alcohol motifs (C(OH)–C–C–N with tert-alkyl or cyclic N) is 1. The average molecular weight is 1050 g/mol. The number of likely N-dealkylation sites (tertiary alicyclic amines) is 1. The maximum Gasteiger partial charge on any atom is 0.246 e.